The van der Waals surface area contributed by atoms with Gasteiger partial charge in [-0.1, -0.05) is 27.2 Å². The van der Waals surface area contributed by atoms with Crippen LogP contribution in [0.15, 0.2) is 0 Å². The Morgan fingerprint density at radius 1 is 1.05 bits per heavy atom. The van der Waals surface area contributed by atoms with Gasteiger partial charge < -0.3 is 9.47 Å². The van der Waals surface area contributed by atoms with Crippen molar-refractivity contribution in [2.24, 2.45) is 11.3 Å². The maximum absolute atomic E-state index is 12.0. The summed E-state index contributed by atoms with van der Waals surface area (Å²) in [5.41, 5.74) is -1.24. The van der Waals surface area contributed by atoms with Crippen LogP contribution in [0.1, 0.15) is 67.2 Å². The van der Waals surface area contributed by atoms with Crippen LogP contribution < -0.4 is 0 Å². The zero-order valence-corrected chi connectivity index (χ0v) is 13.8. The molecule has 0 aromatic rings. The number of carbonyl (C=O) groups excluding carboxylic acids is 2. The molecule has 0 aliphatic rings. The molecule has 0 aromatic heterocycles. The Morgan fingerprint density at radius 2 is 1.65 bits per heavy atom. The summed E-state index contributed by atoms with van der Waals surface area (Å²) in [6, 6.07) is 0. The summed E-state index contributed by atoms with van der Waals surface area (Å²) in [5.74, 6) is -0.427. The van der Waals surface area contributed by atoms with E-state index in [1.165, 1.54) is 0 Å². The van der Waals surface area contributed by atoms with Crippen LogP contribution >= 0.6 is 0 Å². The van der Waals surface area contributed by atoms with Gasteiger partial charge in [0.15, 0.2) is 5.41 Å². The van der Waals surface area contributed by atoms with E-state index in [1.807, 2.05) is 13.8 Å². The minimum atomic E-state index is -1.24. The molecule has 0 aliphatic heterocycles. The Bertz CT molecular complexity index is 308. The van der Waals surface area contributed by atoms with Gasteiger partial charge in [-0.05, 0) is 46.0 Å². The first-order valence-corrected chi connectivity index (χ1v) is 7.60. The van der Waals surface area contributed by atoms with Crippen LogP contribution in [0.25, 0.3) is 0 Å². The molecule has 0 aliphatic carbocycles. The van der Waals surface area contributed by atoms with Gasteiger partial charge in [-0.3, -0.25) is 9.59 Å². The Kier molecular flexibility index (Phi) is 8.51. The summed E-state index contributed by atoms with van der Waals surface area (Å²) >= 11 is 0. The third kappa shape index (κ3) is 6.92. The van der Waals surface area contributed by atoms with Crippen molar-refractivity contribution >= 4 is 11.9 Å². The Morgan fingerprint density at radius 3 is 2.15 bits per heavy atom. The fourth-order valence-electron chi connectivity index (χ4n) is 1.72. The summed E-state index contributed by atoms with van der Waals surface area (Å²) in [7, 11) is 0. The van der Waals surface area contributed by atoms with Crippen LogP contribution in [0.5, 0.6) is 0 Å². The predicted octanol–water partition coefficient (Wildman–Crippen LogP) is 3.72. The average molecular weight is 286 g/mol. The Hall–Kier alpha value is -1.06. The normalized spacial score (nSPS) is 13.2. The van der Waals surface area contributed by atoms with Crippen molar-refractivity contribution in [3.8, 4) is 0 Å². The van der Waals surface area contributed by atoms with Gasteiger partial charge in [-0.25, -0.2) is 0 Å². The second-order valence-corrected chi connectivity index (χ2v) is 6.30. The van der Waals surface area contributed by atoms with E-state index >= 15 is 0 Å². The molecule has 0 radical (unpaired) electrons. The maximum atomic E-state index is 12.0. The van der Waals surface area contributed by atoms with Gasteiger partial charge in [0.1, 0.15) is 0 Å². The highest BCUT2D eigenvalue weighted by molar-refractivity contribution is 5.99. The van der Waals surface area contributed by atoms with E-state index in [2.05, 4.69) is 13.8 Å². The van der Waals surface area contributed by atoms with Gasteiger partial charge in [-0.2, -0.15) is 0 Å². The minimum Gasteiger partial charge on any atom is -0.465 e. The van der Waals surface area contributed by atoms with E-state index in [-0.39, 0.29) is 6.10 Å². The van der Waals surface area contributed by atoms with E-state index in [1.54, 1.807) is 13.8 Å². The van der Waals surface area contributed by atoms with Gasteiger partial charge in [-0.15, -0.1) is 0 Å². The monoisotopic (exact) mass is 286 g/mol. The highest BCUT2D eigenvalue weighted by Gasteiger charge is 2.40. The molecule has 0 fully saturated rings. The van der Waals surface area contributed by atoms with E-state index < -0.39 is 17.4 Å². The van der Waals surface area contributed by atoms with Crippen molar-refractivity contribution in [1.29, 1.82) is 0 Å². The fourth-order valence-corrected chi connectivity index (χ4v) is 1.72. The van der Waals surface area contributed by atoms with Crippen molar-refractivity contribution in [3.63, 3.8) is 0 Å². The third-order valence-corrected chi connectivity index (χ3v) is 3.18. The topological polar surface area (TPSA) is 52.6 Å². The molecule has 4 nitrogen and oxygen atoms in total. The fraction of sp³-hybridized carbons (Fsp3) is 0.875. The lowest BCUT2D eigenvalue weighted by Crippen LogP contribution is -2.38. The molecule has 20 heavy (non-hydrogen) atoms. The third-order valence-electron chi connectivity index (χ3n) is 3.18. The second-order valence-electron chi connectivity index (χ2n) is 6.30. The molecule has 0 aromatic carbocycles. The smallest absolute Gasteiger partial charge is 0.323 e. The van der Waals surface area contributed by atoms with Crippen LogP contribution in [0, 0.1) is 11.3 Å². The summed E-state index contributed by atoms with van der Waals surface area (Å²) in [4.78, 5) is 24.0. The minimum absolute atomic E-state index is 0.166. The van der Waals surface area contributed by atoms with Crippen LogP contribution in [0.3, 0.4) is 0 Å². The van der Waals surface area contributed by atoms with Gasteiger partial charge in [0.05, 0.1) is 12.7 Å². The van der Waals surface area contributed by atoms with Crippen molar-refractivity contribution in [2.75, 3.05) is 6.61 Å². The number of carbonyl (C=O) groups is 2. The lowest BCUT2D eigenvalue weighted by molar-refractivity contribution is -0.172. The van der Waals surface area contributed by atoms with E-state index in [0.717, 1.165) is 25.7 Å². The van der Waals surface area contributed by atoms with E-state index in [0.29, 0.717) is 12.5 Å². The number of hydrogen-bond acceptors (Lipinski definition) is 4. The van der Waals surface area contributed by atoms with Crippen LogP contribution in [0.4, 0.5) is 0 Å². The van der Waals surface area contributed by atoms with Crippen molar-refractivity contribution in [1.82, 2.24) is 0 Å². The molecular formula is C16H30O4. The van der Waals surface area contributed by atoms with Crippen molar-refractivity contribution < 1.29 is 19.1 Å². The highest BCUT2D eigenvalue weighted by atomic mass is 16.6. The van der Waals surface area contributed by atoms with E-state index in [4.69, 9.17) is 9.47 Å². The highest BCUT2D eigenvalue weighted by Crippen LogP contribution is 2.21. The molecule has 0 heterocycles. The molecule has 0 N–H and O–H groups in total. The molecule has 118 valence electrons. The predicted molar refractivity (Wildman–Crippen MR) is 79.3 cm³/mol. The van der Waals surface area contributed by atoms with Gasteiger partial charge in [0.25, 0.3) is 0 Å². The molecule has 4 heteroatoms. The summed E-state index contributed by atoms with van der Waals surface area (Å²) < 4.78 is 10.5. The Balaban J connectivity index is 4.25. The number of esters is 2. The molecule has 0 amide bonds. The lowest BCUT2D eigenvalue weighted by atomic mass is 9.94. The molecular weight excluding hydrogens is 256 g/mol. The van der Waals surface area contributed by atoms with Gasteiger partial charge in [0, 0.05) is 0 Å². The quantitative estimate of drug-likeness (QED) is 0.368. The standard InChI is InChI=1S/C16H30O4/c1-7-9-13(4)20-15(18)16(5,6)14(17)19-11-8-10-12(2)3/h12-13H,7-11H2,1-6H3. The molecule has 1 atom stereocenters. The molecule has 0 saturated heterocycles. The molecule has 0 spiro atoms. The van der Waals surface area contributed by atoms with Crippen molar-refractivity contribution in [3.05, 3.63) is 0 Å². The first-order chi connectivity index (χ1) is 9.21. The number of rotatable bonds is 9. The lowest BCUT2D eigenvalue weighted by Gasteiger charge is -2.23. The summed E-state index contributed by atoms with van der Waals surface area (Å²) in [6.45, 7) is 11.6. The first-order valence-electron chi connectivity index (χ1n) is 7.60. The van der Waals surface area contributed by atoms with Crippen LogP contribution in [-0.2, 0) is 19.1 Å². The molecule has 1 unspecified atom stereocenters. The number of hydrogen-bond donors (Lipinski definition) is 0. The maximum Gasteiger partial charge on any atom is 0.323 e. The number of ether oxygens (including phenoxy) is 2. The zero-order chi connectivity index (χ0) is 15.8. The van der Waals surface area contributed by atoms with Gasteiger partial charge in [0.2, 0.25) is 0 Å². The van der Waals surface area contributed by atoms with Crippen molar-refractivity contribution in [2.45, 2.75) is 73.3 Å². The zero-order valence-electron chi connectivity index (χ0n) is 13.8. The summed E-state index contributed by atoms with van der Waals surface area (Å²) in [6.07, 6.45) is 3.40. The Labute approximate surface area is 123 Å². The van der Waals surface area contributed by atoms with Crippen LogP contribution in [0.2, 0.25) is 0 Å². The van der Waals surface area contributed by atoms with E-state index in [9.17, 15) is 9.59 Å². The average Bonchev–Trinajstić information content (AvgIpc) is 2.34. The largest absolute Gasteiger partial charge is 0.465 e. The van der Waals surface area contributed by atoms with Gasteiger partial charge >= 0.3 is 11.9 Å². The summed E-state index contributed by atoms with van der Waals surface area (Å²) in [5, 5.41) is 0. The SMILES string of the molecule is CCCC(C)OC(=O)C(C)(C)C(=O)OCCCC(C)C. The van der Waals surface area contributed by atoms with Crippen LogP contribution in [-0.4, -0.2) is 24.6 Å². The molecule has 0 saturated carbocycles. The molecule has 0 rings (SSSR count). The first kappa shape index (κ1) is 18.9. The second kappa shape index (κ2) is 8.98. The molecule has 0 bridgehead atoms.